The fourth-order valence-electron chi connectivity index (χ4n) is 2.93. The summed E-state index contributed by atoms with van der Waals surface area (Å²) in [7, 11) is 0.887. The molecule has 6 heteroatoms. The molecule has 0 saturated heterocycles. The van der Waals surface area contributed by atoms with Gasteiger partial charge in [0.05, 0.1) is 13.2 Å². The fourth-order valence-corrected chi connectivity index (χ4v) is 4.31. The van der Waals surface area contributed by atoms with Crippen LogP contribution in [0, 0.1) is 12.1 Å². The van der Waals surface area contributed by atoms with E-state index < -0.39 is 9.04 Å². The van der Waals surface area contributed by atoms with Crippen LogP contribution in [-0.4, -0.2) is 29.4 Å². The van der Waals surface area contributed by atoms with Crippen molar-refractivity contribution >= 4 is 30.5 Å². The van der Waals surface area contributed by atoms with Crippen molar-refractivity contribution in [3.05, 3.63) is 52.7 Å². The molecule has 3 aromatic rings. The molecule has 0 unspecified atom stereocenters. The molecule has 0 amide bonds. The maximum atomic E-state index is 14.8. The van der Waals surface area contributed by atoms with Gasteiger partial charge in [-0.1, -0.05) is 12.1 Å². The van der Waals surface area contributed by atoms with Gasteiger partial charge in [-0.2, -0.15) is 4.39 Å². The Kier molecular flexibility index (Phi) is 6.65. The van der Waals surface area contributed by atoms with Gasteiger partial charge >= 0.3 is 0 Å². The Balaban J connectivity index is 1.95. The average molecular weight is 404 g/mol. The molecule has 1 aromatic heterocycles. The van der Waals surface area contributed by atoms with Gasteiger partial charge < -0.3 is 13.9 Å². The van der Waals surface area contributed by atoms with Crippen molar-refractivity contribution in [2.24, 2.45) is 0 Å². The standard InChI is InChI=1S/C21H24FO3SSi/c1-14-11-16(24-10-9-23-2)6-7-17(14)20-18-12-15(13-25-27(3)4)5-8-19(18)26-21(20)22/h5-8,11-12H,9-10,13H2,1-4H3. The van der Waals surface area contributed by atoms with E-state index in [1.165, 1.54) is 11.3 Å². The van der Waals surface area contributed by atoms with Crippen LogP contribution in [0.4, 0.5) is 4.39 Å². The zero-order valence-electron chi connectivity index (χ0n) is 16.1. The lowest BCUT2D eigenvalue weighted by Gasteiger charge is -2.11. The van der Waals surface area contributed by atoms with E-state index >= 15 is 0 Å². The Labute approximate surface area is 165 Å². The quantitative estimate of drug-likeness (QED) is 0.351. The number of ether oxygens (including phenoxy) is 2. The zero-order chi connectivity index (χ0) is 19.4. The maximum Gasteiger partial charge on any atom is 0.205 e. The summed E-state index contributed by atoms with van der Waals surface area (Å²) in [5.74, 6) is 0.767. The third-order valence-corrected chi connectivity index (χ3v) is 5.94. The van der Waals surface area contributed by atoms with E-state index in [9.17, 15) is 4.39 Å². The third kappa shape index (κ3) is 4.76. The second kappa shape index (κ2) is 8.97. The van der Waals surface area contributed by atoms with Gasteiger partial charge in [-0.25, -0.2) is 0 Å². The topological polar surface area (TPSA) is 27.7 Å². The minimum Gasteiger partial charge on any atom is -0.491 e. The van der Waals surface area contributed by atoms with Gasteiger partial charge in [0.2, 0.25) is 9.04 Å². The van der Waals surface area contributed by atoms with Crippen LogP contribution in [0.1, 0.15) is 11.1 Å². The SMILES string of the molecule is COCCOc1ccc(-c2c(F)sc3ccc(CO[Si](C)C)cc23)c(C)c1. The van der Waals surface area contributed by atoms with Crippen LogP contribution in [0.5, 0.6) is 5.75 Å². The molecule has 0 aliphatic heterocycles. The summed E-state index contributed by atoms with van der Waals surface area (Å²) in [6.45, 7) is 7.80. The lowest BCUT2D eigenvalue weighted by molar-refractivity contribution is 0.146. The molecule has 1 radical (unpaired) electrons. The number of thiophene rings is 1. The van der Waals surface area contributed by atoms with Crippen LogP contribution >= 0.6 is 11.3 Å². The van der Waals surface area contributed by atoms with Crippen LogP contribution in [0.3, 0.4) is 0 Å². The Morgan fingerprint density at radius 2 is 1.89 bits per heavy atom. The highest BCUT2D eigenvalue weighted by molar-refractivity contribution is 7.18. The first-order valence-electron chi connectivity index (χ1n) is 8.86. The van der Waals surface area contributed by atoms with Gasteiger partial charge in [-0.15, -0.1) is 11.3 Å². The van der Waals surface area contributed by atoms with E-state index in [-0.39, 0.29) is 5.13 Å². The van der Waals surface area contributed by atoms with Crippen molar-refractivity contribution < 1.29 is 18.3 Å². The highest BCUT2D eigenvalue weighted by Crippen LogP contribution is 2.40. The predicted octanol–water partition coefficient (Wildman–Crippen LogP) is 5.81. The largest absolute Gasteiger partial charge is 0.491 e. The molecule has 3 rings (SSSR count). The number of hydrogen-bond donors (Lipinski definition) is 0. The van der Waals surface area contributed by atoms with Crippen LogP contribution in [-0.2, 0) is 15.8 Å². The maximum absolute atomic E-state index is 14.8. The number of halogens is 1. The zero-order valence-corrected chi connectivity index (χ0v) is 17.9. The van der Waals surface area contributed by atoms with Crippen molar-refractivity contribution in [2.75, 3.05) is 20.3 Å². The monoisotopic (exact) mass is 403 g/mol. The van der Waals surface area contributed by atoms with Gasteiger partial charge in [0, 0.05) is 22.8 Å². The van der Waals surface area contributed by atoms with E-state index in [1.54, 1.807) is 7.11 Å². The van der Waals surface area contributed by atoms with Crippen molar-refractivity contribution in [3.63, 3.8) is 0 Å². The predicted molar refractivity (Wildman–Crippen MR) is 112 cm³/mol. The highest BCUT2D eigenvalue weighted by atomic mass is 32.1. The van der Waals surface area contributed by atoms with Gasteiger partial charge in [0.15, 0.2) is 5.13 Å². The second-order valence-corrected chi connectivity index (χ2v) is 9.70. The Morgan fingerprint density at radius 3 is 2.59 bits per heavy atom. The van der Waals surface area contributed by atoms with Crippen molar-refractivity contribution in [1.82, 2.24) is 0 Å². The van der Waals surface area contributed by atoms with E-state index in [0.29, 0.717) is 25.4 Å². The lowest BCUT2D eigenvalue weighted by Crippen LogP contribution is -2.06. The fraction of sp³-hybridized carbons (Fsp3) is 0.333. The average Bonchev–Trinajstić information content (AvgIpc) is 2.95. The van der Waals surface area contributed by atoms with Crippen molar-refractivity contribution in [3.8, 4) is 16.9 Å². The number of hydrogen-bond acceptors (Lipinski definition) is 4. The van der Waals surface area contributed by atoms with Gasteiger partial charge in [-0.05, 0) is 61.0 Å². The molecule has 143 valence electrons. The number of benzene rings is 2. The van der Waals surface area contributed by atoms with Crippen LogP contribution < -0.4 is 4.74 Å². The van der Waals surface area contributed by atoms with Crippen LogP contribution in [0.15, 0.2) is 36.4 Å². The summed E-state index contributed by atoms with van der Waals surface area (Å²) in [5, 5.41) is 0.783. The number of methoxy groups -OCH3 is 1. The number of aryl methyl sites for hydroxylation is 1. The molecule has 0 saturated carbocycles. The molecule has 1 heterocycles. The third-order valence-electron chi connectivity index (χ3n) is 4.26. The Hall–Kier alpha value is -1.73. The molecule has 0 fully saturated rings. The first-order chi connectivity index (χ1) is 13.0. The molecule has 0 atom stereocenters. The Morgan fingerprint density at radius 1 is 1.07 bits per heavy atom. The number of rotatable bonds is 8. The summed E-state index contributed by atoms with van der Waals surface area (Å²) in [6.07, 6.45) is 0. The molecular formula is C21H24FO3SSi. The summed E-state index contributed by atoms with van der Waals surface area (Å²) in [4.78, 5) is 0. The molecular weight excluding hydrogens is 379 g/mol. The molecule has 2 aromatic carbocycles. The minimum atomic E-state index is -0.757. The van der Waals surface area contributed by atoms with Crippen LogP contribution in [0.2, 0.25) is 13.1 Å². The highest BCUT2D eigenvalue weighted by Gasteiger charge is 2.17. The van der Waals surface area contributed by atoms with Crippen LogP contribution in [0.25, 0.3) is 21.2 Å². The first-order valence-corrected chi connectivity index (χ1v) is 12.1. The summed E-state index contributed by atoms with van der Waals surface area (Å²) in [6, 6.07) is 11.8. The van der Waals surface area contributed by atoms with E-state index in [1.807, 2.05) is 37.3 Å². The lowest BCUT2D eigenvalue weighted by atomic mass is 9.98. The summed E-state index contributed by atoms with van der Waals surface area (Å²) >= 11 is 1.19. The van der Waals surface area contributed by atoms with Crippen molar-refractivity contribution in [2.45, 2.75) is 26.6 Å². The Bertz CT molecular complexity index is 923. The van der Waals surface area contributed by atoms with Gasteiger partial charge in [0.1, 0.15) is 12.4 Å². The van der Waals surface area contributed by atoms with Gasteiger partial charge in [-0.3, -0.25) is 0 Å². The van der Waals surface area contributed by atoms with E-state index in [4.69, 9.17) is 13.9 Å². The minimum absolute atomic E-state index is 0.157. The smallest absolute Gasteiger partial charge is 0.205 e. The first kappa shape index (κ1) is 20.0. The van der Waals surface area contributed by atoms with E-state index in [0.717, 1.165) is 32.5 Å². The number of fused-ring (bicyclic) bond motifs is 1. The van der Waals surface area contributed by atoms with Gasteiger partial charge in [0.25, 0.3) is 0 Å². The summed E-state index contributed by atoms with van der Waals surface area (Å²) in [5.41, 5.74) is 3.62. The second-order valence-electron chi connectivity index (χ2n) is 6.60. The molecule has 0 N–H and O–H groups in total. The van der Waals surface area contributed by atoms with Crippen molar-refractivity contribution in [1.29, 1.82) is 0 Å². The van der Waals surface area contributed by atoms with E-state index in [2.05, 4.69) is 19.2 Å². The molecule has 0 spiro atoms. The molecule has 0 bridgehead atoms. The molecule has 0 aliphatic rings. The normalized spacial score (nSPS) is 11.5. The molecule has 0 aliphatic carbocycles. The molecule has 3 nitrogen and oxygen atoms in total. The molecule has 27 heavy (non-hydrogen) atoms. The summed E-state index contributed by atoms with van der Waals surface area (Å²) < 4.78 is 32.2.